The number of nitrogens with zero attached hydrogens (tertiary/aromatic N) is 2. The van der Waals surface area contributed by atoms with Crippen LogP contribution in [0.2, 0.25) is 0 Å². The van der Waals surface area contributed by atoms with Gasteiger partial charge in [-0.1, -0.05) is 24.3 Å². The maximum atomic E-state index is 12.2. The number of hydrogen-bond donors (Lipinski definition) is 1. The first kappa shape index (κ1) is 17.7. The number of ether oxygens (including phenoxy) is 2. The van der Waals surface area contributed by atoms with Crippen LogP contribution in [-0.4, -0.2) is 48.6 Å². The molecular weight excluding hydrogens is 338 g/mol. The maximum absolute atomic E-state index is 12.2. The van der Waals surface area contributed by atoms with Gasteiger partial charge in [-0.25, -0.2) is 0 Å². The number of fused-ring (bicyclic) bond motifs is 1. The summed E-state index contributed by atoms with van der Waals surface area (Å²) < 4.78 is 11.5. The zero-order valence-corrected chi connectivity index (χ0v) is 14.3. The molecule has 136 valence electrons. The normalized spacial score (nSPS) is 15.5. The Morgan fingerprint density at radius 2 is 1.92 bits per heavy atom. The highest BCUT2D eigenvalue weighted by molar-refractivity contribution is 5.94. The molecule has 1 unspecified atom stereocenters. The van der Waals surface area contributed by atoms with Gasteiger partial charge in [-0.3, -0.25) is 19.8 Å². The Morgan fingerprint density at radius 3 is 2.69 bits per heavy atom. The Morgan fingerprint density at radius 1 is 1.23 bits per heavy atom. The highest BCUT2D eigenvalue weighted by Gasteiger charge is 2.23. The van der Waals surface area contributed by atoms with Crippen LogP contribution in [0.4, 0.5) is 11.4 Å². The fourth-order valence-corrected chi connectivity index (χ4v) is 2.74. The zero-order chi connectivity index (χ0) is 18.5. The average molecular weight is 357 g/mol. The van der Waals surface area contributed by atoms with Crippen LogP contribution < -0.4 is 14.8 Å². The molecule has 2 aromatic rings. The third-order valence-electron chi connectivity index (χ3n) is 3.87. The lowest BCUT2D eigenvalue weighted by atomic mass is 10.2. The molecule has 1 aliphatic heterocycles. The largest absolute Gasteiger partial charge is 0.486 e. The Bertz CT molecular complexity index is 811. The van der Waals surface area contributed by atoms with E-state index in [-0.39, 0.29) is 29.9 Å². The van der Waals surface area contributed by atoms with Crippen LogP contribution in [0.3, 0.4) is 0 Å². The summed E-state index contributed by atoms with van der Waals surface area (Å²) in [6.45, 7) is 0.958. The smallest absolute Gasteiger partial charge is 0.292 e. The van der Waals surface area contributed by atoms with Crippen LogP contribution in [0.15, 0.2) is 48.5 Å². The van der Waals surface area contributed by atoms with E-state index in [0.29, 0.717) is 24.7 Å². The lowest BCUT2D eigenvalue weighted by Crippen LogP contribution is -2.42. The molecule has 26 heavy (non-hydrogen) atoms. The monoisotopic (exact) mass is 357 g/mol. The minimum atomic E-state index is -0.524. The number of nitrogens with one attached hydrogen (secondary N) is 1. The van der Waals surface area contributed by atoms with Crippen LogP contribution >= 0.6 is 0 Å². The van der Waals surface area contributed by atoms with E-state index < -0.39 is 4.92 Å². The van der Waals surface area contributed by atoms with Gasteiger partial charge in [0, 0.05) is 12.6 Å². The van der Waals surface area contributed by atoms with E-state index in [1.165, 1.54) is 12.1 Å². The number of nitro benzene ring substituents is 1. The van der Waals surface area contributed by atoms with Crippen LogP contribution in [0.1, 0.15) is 0 Å². The van der Waals surface area contributed by atoms with Crippen LogP contribution in [-0.2, 0) is 4.79 Å². The summed E-state index contributed by atoms with van der Waals surface area (Å²) in [6, 6.07) is 13.5. The first-order valence-corrected chi connectivity index (χ1v) is 8.13. The highest BCUT2D eigenvalue weighted by Crippen LogP contribution is 2.31. The number of carbonyl (C=O) groups excluding carboxylic acids is 1. The second-order valence-electron chi connectivity index (χ2n) is 6.02. The molecule has 1 atom stereocenters. The second-order valence-corrected chi connectivity index (χ2v) is 6.02. The summed E-state index contributed by atoms with van der Waals surface area (Å²) in [5.41, 5.74) is 0.0474. The van der Waals surface area contributed by atoms with Crippen molar-refractivity contribution in [2.45, 2.75) is 6.10 Å². The number of hydrogen-bond acceptors (Lipinski definition) is 6. The second kappa shape index (κ2) is 7.83. The number of amides is 1. The molecule has 1 N–H and O–H groups in total. The fraction of sp³-hybridized carbons (Fsp3) is 0.278. The molecule has 0 aliphatic carbocycles. The molecule has 8 heteroatoms. The van der Waals surface area contributed by atoms with Crippen molar-refractivity contribution in [3.63, 3.8) is 0 Å². The van der Waals surface area contributed by atoms with E-state index in [9.17, 15) is 14.9 Å². The quantitative estimate of drug-likeness (QED) is 0.630. The molecule has 0 saturated heterocycles. The maximum Gasteiger partial charge on any atom is 0.292 e. The summed E-state index contributed by atoms with van der Waals surface area (Å²) in [7, 11) is 1.78. The highest BCUT2D eigenvalue weighted by atomic mass is 16.6. The number of nitro groups is 1. The van der Waals surface area contributed by atoms with Crippen molar-refractivity contribution in [3.8, 4) is 11.5 Å². The third kappa shape index (κ3) is 4.28. The van der Waals surface area contributed by atoms with E-state index in [1.54, 1.807) is 24.1 Å². The Balaban J connectivity index is 1.53. The molecular formula is C18H19N3O5. The van der Waals surface area contributed by atoms with Gasteiger partial charge in [0.05, 0.1) is 11.5 Å². The van der Waals surface area contributed by atoms with Gasteiger partial charge < -0.3 is 14.8 Å². The molecule has 3 rings (SSSR count). The zero-order valence-electron chi connectivity index (χ0n) is 14.3. The Kier molecular flexibility index (Phi) is 5.33. The minimum absolute atomic E-state index is 0.0769. The third-order valence-corrected chi connectivity index (χ3v) is 3.87. The molecule has 0 aromatic heterocycles. The number of para-hydroxylation sites is 4. The van der Waals surface area contributed by atoms with Gasteiger partial charge in [-0.2, -0.15) is 0 Å². The standard InChI is InChI=1S/C18H19N3O5/c1-20(10-13-12-25-16-8-4-5-9-17(16)26-13)11-18(22)19-14-6-2-3-7-15(14)21(23)24/h2-9,13H,10-12H2,1H3,(H,19,22). The van der Waals surface area contributed by atoms with Crippen LogP contribution in [0.5, 0.6) is 11.5 Å². The summed E-state index contributed by atoms with van der Waals surface area (Å²) >= 11 is 0. The van der Waals surface area contributed by atoms with Crippen LogP contribution in [0, 0.1) is 10.1 Å². The van der Waals surface area contributed by atoms with E-state index in [1.807, 2.05) is 24.3 Å². The summed E-state index contributed by atoms with van der Waals surface area (Å²) in [5, 5.41) is 13.6. The SMILES string of the molecule is CN(CC(=O)Nc1ccccc1[N+](=O)[O-])CC1COc2ccccc2O1. The number of benzene rings is 2. The van der Waals surface area contributed by atoms with E-state index in [4.69, 9.17) is 9.47 Å². The van der Waals surface area contributed by atoms with Crippen molar-refractivity contribution in [1.29, 1.82) is 0 Å². The molecule has 0 bridgehead atoms. The van der Waals surface area contributed by atoms with Gasteiger partial charge in [-0.15, -0.1) is 0 Å². The van der Waals surface area contributed by atoms with E-state index in [2.05, 4.69) is 5.32 Å². The summed E-state index contributed by atoms with van der Waals surface area (Å²) in [4.78, 5) is 24.5. The first-order chi connectivity index (χ1) is 12.5. The van der Waals surface area contributed by atoms with Crippen molar-refractivity contribution in [2.75, 3.05) is 32.1 Å². The van der Waals surface area contributed by atoms with Crippen molar-refractivity contribution in [2.24, 2.45) is 0 Å². The fourth-order valence-electron chi connectivity index (χ4n) is 2.74. The first-order valence-electron chi connectivity index (χ1n) is 8.13. The summed E-state index contributed by atoms with van der Waals surface area (Å²) in [5.74, 6) is 1.06. The van der Waals surface area contributed by atoms with E-state index >= 15 is 0 Å². The minimum Gasteiger partial charge on any atom is -0.486 e. The number of likely N-dealkylation sites (N-methyl/N-ethyl adjacent to an activating group) is 1. The molecule has 0 fully saturated rings. The molecule has 2 aromatic carbocycles. The molecule has 1 heterocycles. The predicted octanol–water partition coefficient (Wildman–Crippen LogP) is 2.31. The number of carbonyl (C=O) groups is 1. The van der Waals surface area contributed by atoms with Gasteiger partial charge in [-0.05, 0) is 25.2 Å². The van der Waals surface area contributed by atoms with Crippen LogP contribution in [0.25, 0.3) is 0 Å². The average Bonchev–Trinajstić information content (AvgIpc) is 2.61. The van der Waals surface area contributed by atoms with Gasteiger partial charge in [0.15, 0.2) is 11.5 Å². The lowest BCUT2D eigenvalue weighted by Gasteiger charge is -2.29. The van der Waals surface area contributed by atoms with Gasteiger partial charge in [0.1, 0.15) is 18.4 Å². The lowest BCUT2D eigenvalue weighted by molar-refractivity contribution is -0.383. The molecule has 0 spiro atoms. The van der Waals surface area contributed by atoms with Crippen molar-refractivity contribution in [1.82, 2.24) is 4.90 Å². The van der Waals surface area contributed by atoms with Gasteiger partial charge in [0.2, 0.25) is 5.91 Å². The molecule has 0 radical (unpaired) electrons. The molecule has 1 aliphatic rings. The summed E-state index contributed by atoms with van der Waals surface area (Å²) in [6.07, 6.45) is -0.200. The number of anilines is 1. The van der Waals surface area contributed by atoms with Crippen molar-refractivity contribution < 1.29 is 19.2 Å². The Hall–Kier alpha value is -3.13. The van der Waals surface area contributed by atoms with Crippen molar-refractivity contribution in [3.05, 3.63) is 58.6 Å². The van der Waals surface area contributed by atoms with Gasteiger partial charge >= 0.3 is 0 Å². The van der Waals surface area contributed by atoms with Crippen molar-refractivity contribution >= 4 is 17.3 Å². The number of rotatable bonds is 6. The molecule has 8 nitrogen and oxygen atoms in total. The Labute approximate surface area is 150 Å². The van der Waals surface area contributed by atoms with Gasteiger partial charge in [0.25, 0.3) is 5.69 Å². The topological polar surface area (TPSA) is 93.9 Å². The predicted molar refractivity (Wildman–Crippen MR) is 95.6 cm³/mol. The van der Waals surface area contributed by atoms with E-state index in [0.717, 1.165) is 0 Å². The molecule has 1 amide bonds. The molecule has 0 saturated carbocycles.